The zero-order valence-corrected chi connectivity index (χ0v) is 46.7. The van der Waals surface area contributed by atoms with E-state index in [1.165, 1.54) is 48.5 Å². The Morgan fingerprint density at radius 1 is 0.288 bits per heavy atom. The maximum absolute atomic E-state index is 12.9. The molecule has 0 saturated carbocycles. The average molecular weight is 1080 g/mol. The molecule has 392 valence electrons. The zero-order chi connectivity index (χ0) is 54.4. The highest BCUT2D eigenvalue weighted by Crippen LogP contribution is 2.23. The quantitative estimate of drug-likeness (QED) is 0.0340. The molecule has 0 bridgehead atoms. The summed E-state index contributed by atoms with van der Waals surface area (Å²) in [6, 6.07) is 25.7. The topological polar surface area (TPSA) is 247 Å². The van der Waals surface area contributed by atoms with Crippen LogP contribution < -0.4 is 20.7 Å². The molecular weight excluding hydrogens is 1020 g/mol. The molecule has 0 radical (unpaired) electrons. The normalized spacial score (nSPS) is 11.7. The van der Waals surface area contributed by atoms with E-state index >= 15 is 0 Å². The lowest BCUT2D eigenvalue weighted by Gasteiger charge is -2.30. The predicted molar refractivity (Wildman–Crippen MR) is 272 cm³/mol. The average Bonchev–Trinajstić information content (AvgIpc) is 3.34. The maximum atomic E-state index is 12.9. The number of hydrogen-bond donors (Lipinski definition) is 0. The van der Waals surface area contributed by atoms with Gasteiger partial charge in [0, 0.05) is 0 Å². The maximum Gasteiger partial charge on any atom is 0.549 e. The number of carbonyl (C=O) groups excluding carboxylic acids is 8. The molecule has 0 aromatic heterocycles. The summed E-state index contributed by atoms with van der Waals surface area (Å²) in [7, 11) is -6.92. The van der Waals surface area contributed by atoms with Crippen molar-refractivity contribution in [3.63, 3.8) is 0 Å². The van der Waals surface area contributed by atoms with Crippen molar-refractivity contribution in [1.82, 2.24) is 0 Å². The molecule has 4 aromatic rings. The molecule has 0 spiro atoms. The third-order valence-electron chi connectivity index (χ3n) is 10.7. The van der Waals surface area contributed by atoms with Gasteiger partial charge in [0.2, 0.25) is 0 Å². The first-order valence-electron chi connectivity index (χ1n) is 22.6. The van der Waals surface area contributed by atoms with Crippen LogP contribution in [0.5, 0.6) is 0 Å². The van der Waals surface area contributed by atoms with Gasteiger partial charge in [0.05, 0.1) is 54.5 Å². The van der Waals surface area contributed by atoms with Crippen molar-refractivity contribution < 1.29 is 96.4 Å². The minimum Gasteiger partial charge on any atom is -0.431 e. The Kier molecular flexibility index (Phi) is 19.9. The number of hydrogen-bond acceptors (Lipinski definition) is 20. The molecule has 24 heteroatoms. The van der Waals surface area contributed by atoms with Gasteiger partial charge in [-0.25, -0.2) is 58.3 Å². The summed E-state index contributed by atoms with van der Waals surface area (Å²) >= 11 is 0. The van der Waals surface area contributed by atoms with Crippen molar-refractivity contribution in [2.75, 3.05) is 26.4 Å². The second-order valence-corrected chi connectivity index (χ2v) is 41.1. The van der Waals surface area contributed by atoms with E-state index in [2.05, 4.69) is 118 Å². The van der Waals surface area contributed by atoms with E-state index in [-0.39, 0.29) is 22.3 Å². The van der Waals surface area contributed by atoms with Crippen molar-refractivity contribution >= 4 is 102 Å². The second kappa shape index (κ2) is 24.9. The van der Waals surface area contributed by atoms with E-state index < -0.39 is 113 Å². The number of carbonyl (C=O) groups is 8. The lowest BCUT2D eigenvalue weighted by Crippen LogP contribution is -2.44. The van der Waals surface area contributed by atoms with Gasteiger partial charge in [-0.15, -0.1) is 0 Å². The predicted octanol–water partition coefficient (Wildman–Crippen LogP) is 7.85. The SMILES string of the molecule is C[Si](C)(C)c1ccc(C(=O)OOC(=O)OCC(COC(=O)OOC(=O)c2ccc([Si](C)(C)C)cc2)(COC(=O)OOC(=O)c2ccc([Si](C)(C)C)cc2)COC(=O)OOC(=O)c2ccc([Si](C)(C)C)cc2)cc1. The molecule has 0 N–H and O–H groups in total. The second-order valence-electron chi connectivity index (χ2n) is 20.8. The van der Waals surface area contributed by atoms with Crippen LogP contribution >= 0.6 is 0 Å². The fraction of sp³-hybridized carbons (Fsp3) is 0.347. The molecular formula is C49H60O20Si4. The van der Waals surface area contributed by atoms with Crippen LogP contribution in [0, 0.1) is 5.41 Å². The fourth-order valence-electron chi connectivity index (χ4n) is 6.10. The van der Waals surface area contributed by atoms with Crippen molar-refractivity contribution in [2.24, 2.45) is 5.41 Å². The number of benzene rings is 4. The minimum atomic E-state index is -2.24. The standard InChI is InChI=1S/C49H60O20Si4/c1-70(2,3)37-21-13-33(14-22-37)41(50)62-66-45(54)58-29-49(30-59-46(55)67-63-42(51)34-15-23-38(24-16-34)71(4,5)6,31-60-47(56)68-64-43(52)35-17-25-39(26-18-35)72(7,8)9)32-61-48(57)69-65-44(53)36-19-27-40(28-20-36)73(10,11)12/h13-28H,29-32H2,1-12H3. The zero-order valence-electron chi connectivity index (χ0n) is 42.7. The summed E-state index contributed by atoms with van der Waals surface area (Å²) < 4.78 is 20.6. The van der Waals surface area contributed by atoms with E-state index in [9.17, 15) is 38.4 Å². The number of ether oxygens (including phenoxy) is 4. The molecule has 4 aromatic carbocycles. The van der Waals surface area contributed by atoms with Gasteiger partial charge < -0.3 is 18.9 Å². The van der Waals surface area contributed by atoms with Crippen LogP contribution in [-0.2, 0) is 58.0 Å². The van der Waals surface area contributed by atoms with Gasteiger partial charge >= 0.3 is 48.5 Å². The van der Waals surface area contributed by atoms with Gasteiger partial charge in [0.15, 0.2) is 0 Å². The first-order valence-corrected chi connectivity index (χ1v) is 36.6. The van der Waals surface area contributed by atoms with Gasteiger partial charge in [-0.2, -0.15) is 19.2 Å². The van der Waals surface area contributed by atoms with Gasteiger partial charge in [-0.3, -0.25) is 0 Å². The summed E-state index contributed by atoms with van der Waals surface area (Å²) in [4.78, 5) is 140. The van der Waals surface area contributed by atoms with Crippen LogP contribution in [-0.4, -0.2) is 107 Å². The van der Waals surface area contributed by atoms with Crippen molar-refractivity contribution in [3.05, 3.63) is 119 Å². The first kappa shape index (κ1) is 58.3. The molecule has 0 fully saturated rings. The molecule has 20 nitrogen and oxygen atoms in total. The van der Waals surface area contributed by atoms with Crippen LogP contribution in [0.4, 0.5) is 19.2 Å². The smallest absolute Gasteiger partial charge is 0.431 e. The molecule has 0 aliphatic carbocycles. The highest BCUT2D eigenvalue weighted by molar-refractivity contribution is 6.90. The van der Waals surface area contributed by atoms with Crippen molar-refractivity contribution in [3.8, 4) is 0 Å². The lowest BCUT2D eigenvalue weighted by atomic mass is 9.92. The fourth-order valence-corrected chi connectivity index (χ4v) is 10.8. The van der Waals surface area contributed by atoms with Crippen LogP contribution in [0.3, 0.4) is 0 Å². The third kappa shape index (κ3) is 18.7. The highest BCUT2D eigenvalue weighted by Gasteiger charge is 2.40. The van der Waals surface area contributed by atoms with Gasteiger partial charge in [-0.05, 0) is 48.5 Å². The highest BCUT2D eigenvalue weighted by atomic mass is 28.3. The van der Waals surface area contributed by atoms with E-state index in [1.54, 1.807) is 48.5 Å². The summed E-state index contributed by atoms with van der Waals surface area (Å²) in [5.41, 5.74) is -2.16. The first-order chi connectivity index (χ1) is 34.0. The van der Waals surface area contributed by atoms with Crippen molar-refractivity contribution in [1.29, 1.82) is 0 Å². The summed E-state index contributed by atoms with van der Waals surface area (Å²) in [5, 5.41) is 4.13. The van der Waals surface area contributed by atoms with Crippen LogP contribution in [0.15, 0.2) is 97.1 Å². The van der Waals surface area contributed by atoms with E-state index in [1.807, 2.05) is 0 Å². The van der Waals surface area contributed by atoms with E-state index in [0.717, 1.165) is 20.7 Å². The molecule has 0 amide bonds. The Morgan fingerprint density at radius 2 is 0.452 bits per heavy atom. The van der Waals surface area contributed by atoms with Gasteiger partial charge in [0.25, 0.3) is 0 Å². The molecule has 0 aliphatic rings. The van der Waals surface area contributed by atoms with Crippen molar-refractivity contribution in [2.45, 2.75) is 78.6 Å². The van der Waals surface area contributed by atoms with E-state index in [0.29, 0.717) is 0 Å². The molecule has 0 aliphatic heterocycles. The molecule has 4 rings (SSSR count). The monoisotopic (exact) mass is 1080 g/mol. The molecule has 73 heavy (non-hydrogen) atoms. The summed E-state index contributed by atoms with van der Waals surface area (Å²) in [5.74, 6) is -4.34. The minimum absolute atomic E-state index is 0.0211. The Balaban J connectivity index is 1.53. The molecule has 0 atom stereocenters. The molecule has 0 unspecified atom stereocenters. The summed E-state index contributed by atoms with van der Waals surface area (Å²) in [6.45, 7) is 20.9. The molecule has 0 heterocycles. The Bertz CT molecular complexity index is 2230. The Labute approximate surface area is 426 Å². The summed E-state index contributed by atoms with van der Waals surface area (Å²) in [6.07, 6.45) is -6.72. The van der Waals surface area contributed by atoms with Crippen LogP contribution in [0.1, 0.15) is 41.4 Å². The molecule has 0 saturated heterocycles. The van der Waals surface area contributed by atoms with E-state index in [4.69, 9.17) is 18.9 Å². The van der Waals surface area contributed by atoms with Crippen LogP contribution in [0.25, 0.3) is 0 Å². The van der Waals surface area contributed by atoms with Gasteiger partial charge in [0.1, 0.15) is 31.8 Å². The third-order valence-corrected chi connectivity index (χ3v) is 18.9. The van der Waals surface area contributed by atoms with Gasteiger partial charge in [-0.1, -0.05) is 148 Å². The Morgan fingerprint density at radius 3 is 0.603 bits per heavy atom. The largest absolute Gasteiger partial charge is 0.549 e. The Hall–Kier alpha value is -7.29. The lowest BCUT2D eigenvalue weighted by molar-refractivity contribution is -0.223. The van der Waals surface area contributed by atoms with Crippen LogP contribution in [0.2, 0.25) is 78.6 Å². The number of rotatable bonds is 16.